The molecule has 1 aromatic carbocycles. The standard InChI is InChI=1S/C18H25NO2/c1-21-17-11-5-3-8-15(17)13-18(20)19-12-6-9-14-7-2-4-10-16(14)19/h3,5,8,11,14,16H,2,4,6-7,9-10,12-13H2,1H3. The van der Waals surface area contributed by atoms with E-state index in [4.69, 9.17) is 4.74 Å². The van der Waals surface area contributed by atoms with Crippen molar-refractivity contribution in [3.8, 4) is 5.75 Å². The molecule has 2 unspecified atom stereocenters. The van der Waals surface area contributed by atoms with Crippen LogP contribution in [0.4, 0.5) is 0 Å². The number of fused-ring (bicyclic) bond motifs is 1. The highest BCUT2D eigenvalue weighted by Gasteiger charge is 2.35. The van der Waals surface area contributed by atoms with Crippen LogP contribution in [-0.4, -0.2) is 30.5 Å². The second-order valence-corrected chi connectivity index (χ2v) is 6.33. The number of amides is 1. The van der Waals surface area contributed by atoms with Crippen molar-refractivity contribution in [1.82, 2.24) is 4.90 Å². The van der Waals surface area contributed by atoms with E-state index in [1.807, 2.05) is 24.3 Å². The number of methoxy groups -OCH3 is 1. The number of piperidine rings is 1. The molecule has 2 atom stereocenters. The number of hydrogen-bond donors (Lipinski definition) is 0. The van der Waals surface area contributed by atoms with Crippen molar-refractivity contribution in [2.45, 2.75) is 51.0 Å². The van der Waals surface area contributed by atoms with E-state index in [2.05, 4.69) is 4.90 Å². The largest absolute Gasteiger partial charge is 0.496 e. The third-order valence-corrected chi connectivity index (χ3v) is 5.10. The molecule has 1 heterocycles. The fourth-order valence-corrected chi connectivity index (χ4v) is 4.05. The van der Waals surface area contributed by atoms with Gasteiger partial charge in [-0.1, -0.05) is 31.0 Å². The zero-order valence-corrected chi connectivity index (χ0v) is 12.9. The van der Waals surface area contributed by atoms with Crippen LogP contribution < -0.4 is 4.74 Å². The maximum absolute atomic E-state index is 12.8. The molecular weight excluding hydrogens is 262 g/mol. The number of nitrogens with zero attached hydrogens (tertiary/aromatic N) is 1. The van der Waals surface area contributed by atoms with E-state index >= 15 is 0 Å². The Labute approximate surface area is 127 Å². The maximum Gasteiger partial charge on any atom is 0.227 e. The molecule has 1 saturated heterocycles. The van der Waals surface area contributed by atoms with E-state index in [0.717, 1.165) is 23.8 Å². The SMILES string of the molecule is COc1ccccc1CC(=O)N1CCCC2CCCCC21. The van der Waals surface area contributed by atoms with Gasteiger partial charge in [0.2, 0.25) is 5.91 Å². The third kappa shape index (κ3) is 3.07. The fraction of sp³-hybridized carbons (Fsp3) is 0.611. The molecule has 0 bridgehead atoms. The van der Waals surface area contributed by atoms with E-state index < -0.39 is 0 Å². The van der Waals surface area contributed by atoms with Crippen molar-refractivity contribution in [1.29, 1.82) is 0 Å². The smallest absolute Gasteiger partial charge is 0.227 e. The summed E-state index contributed by atoms with van der Waals surface area (Å²) in [5.74, 6) is 1.84. The first-order valence-electron chi connectivity index (χ1n) is 8.21. The Morgan fingerprint density at radius 2 is 1.95 bits per heavy atom. The minimum Gasteiger partial charge on any atom is -0.496 e. The topological polar surface area (TPSA) is 29.5 Å². The zero-order valence-electron chi connectivity index (χ0n) is 12.9. The van der Waals surface area contributed by atoms with Gasteiger partial charge in [-0.3, -0.25) is 4.79 Å². The zero-order chi connectivity index (χ0) is 14.7. The fourth-order valence-electron chi connectivity index (χ4n) is 4.05. The van der Waals surface area contributed by atoms with Gasteiger partial charge in [-0.15, -0.1) is 0 Å². The van der Waals surface area contributed by atoms with Crippen LogP contribution in [0, 0.1) is 5.92 Å². The summed E-state index contributed by atoms with van der Waals surface area (Å²) >= 11 is 0. The van der Waals surface area contributed by atoms with E-state index in [-0.39, 0.29) is 5.91 Å². The first-order chi connectivity index (χ1) is 10.3. The molecule has 1 saturated carbocycles. The minimum atomic E-state index is 0.274. The normalized spacial score (nSPS) is 25.3. The highest BCUT2D eigenvalue weighted by Crippen LogP contribution is 2.35. The lowest BCUT2D eigenvalue weighted by atomic mass is 9.78. The van der Waals surface area contributed by atoms with E-state index in [1.165, 1.54) is 38.5 Å². The molecule has 0 spiro atoms. The summed E-state index contributed by atoms with van der Waals surface area (Å²) in [4.78, 5) is 14.9. The van der Waals surface area contributed by atoms with Crippen LogP contribution in [0.3, 0.4) is 0 Å². The van der Waals surface area contributed by atoms with Crippen LogP contribution in [0.1, 0.15) is 44.1 Å². The molecular formula is C18H25NO2. The maximum atomic E-state index is 12.8. The monoisotopic (exact) mass is 287 g/mol. The number of benzene rings is 1. The molecule has 1 aliphatic heterocycles. The number of likely N-dealkylation sites (tertiary alicyclic amines) is 1. The number of carbonyl (C=O) groups is 1. The van der Waals surface area contributed by atoms with E-state index in [0.29, 0.717) is 12.5 Å². The number of carbonyl (C=O) groups excluding carboxylic acids is 1. The van der Waals surface area contributed by atoms with Gasteiger partial charge < -0.3 is 9.64 Å². The Morgan fingerprint density at radius 3 is 2.81 bits per heavy atom. The quantitative estimate of drug-likeness (QED) is 0.852. The summed E-state index contributed by atoms with van der Waals surface area (Å²) in [6.07, 6.45) is 8.07. The van der Waals surface area contributed by atoms with Crippen molar-refractivity contribution in [3.05, 3.63) is 29.8 Å². The van der Waals surface area contributed by atoms with Gasteiger partial charge in [0.15, 0.2) is 0 Å². The number of rotatable bonds is 3. The van der Waals surface area contributed by atoms with Crippen LogP contribution in [0.25, 0.3) is 0 Å². The van der Waals surface area contributed by atoms with Crippen molar-refractivity contribution >= 4 is 5.91 Å². The van der Waals surface area contributed by atoms with Gasteiger partial charge in [-0.2, -0.15) is 0 Å². The second-order valence-electron chi connectivity index (χ2n) is 6.33. The average molecular weight is 287 g/mol. The molecule has 1 aliphatic carbocycles. The number of para-hydroxylation sites is 1. The van der Waals surface area contributed by atoms with Gasteiger partial charge >= 0.3 is 0 Å². The van der Waals surface area contributed by atoms with Gasteiger partial charge in [0, 0.05) is 18.2 Å². The summed E-state index contributed by atoms with van der Waals surface area (Å²) in [6, 6.07) is 8.35. The Balaban J connectivity index is 1.72. The first kappa shape index (κ1) is 14.4. The van der Waals surface area contributed by atoms with Crippen LogP contribution in [0.2, 0.25) is 0 Å². The molecule has 0 N–H and O–H groups in total. The highest BCUT2D eigenvalue weighted by atomic mass is 16.5. The number of hydrogen-bond acceptors (Lipinski definition) is 2. The molecule has 3 nitrogen and oxygen atoms in total. The lowest BCUT2D eigenvalue weighted by Gasteiger charge is -2.44. The molecule has 21 heavy (non-hydrogen) atoms. The summed E-state index contributed by atoms with van der Waals surface area (Å²) < 4.78 is 5.37. The van der Waals surface area contributed by atoms with Crippen molar-refractivity contribution < 1.29 is 9.53 Å². The summed E-state index contributed by atoms with van der Waals surface area (Å²) in [5.41, 5.74) is 1.00. The molecule has 3 heteroatoms. The van der Waals surface area contributed by atoms with Crippen molar-refractivity contribution in [3.63, 3.8) is 0 Å². The van der Waals surface area contributed by atoms with Crippen LogP contribution in [0.15, 0.2) is 24.3 Å². The van der Waals surface area contributed by atoms with Crippen LogP contribution >= 0.6 is 0 Å². The molecule has 0 radical (unpaired) electrons. The molecule has 0 aromatic heterocycles. The lowest BCUT2D eigenvalue weighted by molar-refractivity contribution is -0.136. The predicted molar refractivity (Wildman–Crippen MR) is 83.4 cm³/mol. The van der Waals surface area contributed by atoms with Gasteiger partial charge in [-0.05, 0) is 37.7 Å². The Hall–Kier alpha value is -1.51. The summed E-state index contributed by atoms with van der Waals surface area (Å²) in [7, 11) is 1.67. The molecule has 1 amide bonds. The van der Waals surface area contributed by atoms with Crippen LogP contribution in [0.5, 0.6) is 5.75 Å². The Kier molecular flexibility index (Phi) is 4.47. The van der Waals surface area contributed by atoms with Crippen molar-refractivity contribution in [2.75, 3.05) is 13.7 Å². The summed E-state index contributed by atoms with van der Waals surface area (Å²) in [5, 5.41) is 0. The minimum absolute atomic E-state index is 0.274. The molecule has 3 rings (SSSR count). The average Bonchev–Trinajstić information content (AvgIpc) is 2.54. The third-order valence-electron chi connectivity index (χ3n) is 5.10. The van der Waals surface area contributed by atoms with Gasteiger partial charge in [0.05, 0.1) is 13.5 Å². The van der Waals surface area contributed by atoms with Gasteiger partial charge in [-0.25, -0.2) is 0 Å². The molecule has 1 aromatic rings. The Bertz CT molecular complexity index is 498. The first-order valence-corrected chi connectivity index (χ1v) is 8.21. The van der Waals surface area contributed by atoms with E-state index in [9.17, 15) is 4.79 Å². The van der Waals surface area contributed by atoms with E-state index in [1.54, 1.807) is 7.11 Å². The molecule has 2 aliphatic rings. The Morgan fingerprint density at radius 1 is 1.19 bits per heavy atom. The van der Waals surface area contributed by atoms with Gasteiger partial charge in [0.1, 0.15) is 5.75 Å². The predicted octanol–water partition coefficient (Wildman–Crippen LogP) is 3.42. The highest BCUT2D eigenvalue weighted by molar-refractivity contribution is 5.80. The number of ether oxygens (including phenoxy) is 1. The van der Waals surface area contributed by atoms with Gasteiger partial charge in [0.25, 0.3) is 0 Å². The summed E-state index contributed by atoms with van der Waals surface area (Å²) in [6.45, 7) is 0.940. The van der Waals surface area contributed by atoms with Crippen molar-refractivity contribution in [2.24, 2.45) is 5.92 Å². The lowest BCUT2D eigenvalue weighted by Crippen LogP contribution is -2.50. The second kappa shape index (κ2) is 6.50. The van der Waals surface area contributed by atoms with Crippen LogP contribution in [-0.2, 0) is 11.2 Å². The molecule has 2 fully saturated rings. The molecule has 114 valence electrons.